The molecule has 3 rings (SSSR count). The van der Waals surface area contributed by atoms with Gasteiger partial charge in [-0.1, -0.05) is 23.7 Å². The largest absolute Gasteiger partial charge is 0.478 e. The molecule has 6 heteroatoms. The maximum Gasteiger partial charge on any atom is 0.338 e. The maximum atomic E-state index is 13.5. The number of halogens is 2. The minimum Gasteiger partial charge on any atom is -0.478 e. The van der Waals surface area contributed by atoms with Gasteiger partial charge in [0.25, 0.3) is 0 Å². The van der Waals surface area contributed by atoms with Crippen LogP contribution in [-0.4, -0.2) is 21.0 Å². The summed E-state index contributed by atoms with van der Waals surface area (Å²) >= 11 is 6.07. The van der Waals surface area contributed by atoms with Crippen LogP contribution in [0.5, 0.6) is 0 Å². The van der Waals surface area contributed by atoms with Gasteiger partial charge in [-0.25, -0.2) is 14.2 Å². The summed E-state index contributed by atoms with van der Waals surface area (Å²) in [5.41, 5.74) is 1.94. The highest BCUT2D eigenvalue weighted by Crippen LogP contribution is 2.29. The monoisotopic (exact) mass is 304 g/mol. The second-order valence-corrected chi connectivity index (χ2v) is 5.06. The van der Waals surface area contributed by atoms with E-state index in [4.69, 9.17) is 16.7 Å². The number of hydrogen-bond acceptors (Lipinski definition) is 2. The zero-order valence-corrected chi connectivity index (χ0v) is 11.7. The standard InChI is InChI=1S/C15H10ClFN2O2/c1-7-9(3-2-4-11(7)16)14-18-12-6-8(17)5-10(15(20)21)13(12)19-14/h2-6H,1H3,(H,18,19)(H,20,21). The lowest BCUT2D eigenvalue weighted by Crippen LogP contribution is -1.98. The first kappa shape index (κ1) is 13.6. The molecule has 0 radical (unpaired) electrons. The number of carboxylic acid groups (broad SMARTS) is 1. The summed E-state index contributed by atoms with van der Waals surface area (Å²) in [6.07, 6.45) is 0. The molecule has 0 saturated carbocycles. The van der Waals surface area contributed by atoms with Crippen molar-refractivity contribution in [1.82, 2.24) is 9.97 Å². The van der Waals surface area contributed by atoms with E-state index in [0.29, 0.717) is 16.4 Å². The van der Waals surface area contributed by atoms with E-state index in [-0.39, 0.29) is 11.1 Å². The van der Waals surface area contributed by atoms with Crippen molar-refractivity contribution in [3.05, 3.63) is 52.3 Å². The van der Waals surface area contributed by atoms with Gasteiger partial charge in [-0.05, 0) is 30.7 Å². The zero-order chi connectivity index (χ0) is 15.1. The Labute approximate surface area is 124 Å². The molecule has 0 amide bonds. The average Bonchev–Trinajstić information content (AvgIpc) is 2.84. The Morgan fingerprint density at radius 2 is 2.14 bits per heavy atom. The summed E-state index contributed by atoms with van der Waals surface area (Å²) < 4.78 is 13.5. The number of nitrogens with one attached hydrogen (secondary N) is 1. The van der Waals surface area contributed by atoms with Crippen LogP contribution in [0.2, 0.25) is 5.02 Å². The Bertz CT molecular complexity index is 873. The van der Waals surface area contributed by atoms with Crippen molar-refractivity contribution in [3.63, 3.8) is 0 Å². The molecule has 0 aliphatic heterocycles. The van der Waals surface area contributed by atoms with Crippen LogP contribution >= 0.6 is 11.6 Å². The molecule has 0 fully saturated rings. The molecule has 4 nitrogen and oxygen atoms in total. The van der Waals surface area contributed by atoms with E-state index in [2.05, 4.69) is 9.97 Å². The van der Waals surface area contributed by atoms with E-state index in [1.165, 1.54) is 6.07 Å². The Balaban J connectivity index is 2.29. The molecule has 3 aromatic rings. The molecule has 0 atom stereocenters. The number of benzene rings is 2. The Kier molecular flexibility index (Phi) is 3.14. The fourth-order valence-corrected chi connectivity index (χ4v) is 2.41. The lowest BCUT2D eigenvalue weighted by molar-refractivity contribution is 0.0698. The van der Waals surface area contributed by atoms with E-state index in [1.807, 2.05) is 13.0 Å². The molecule has 0 saturated heterocycles. The van der Waals surface area contributed by atoms with Gasteiger partial charge in [0.15, 0.2) is 0 Å². The van der Waals surface area contributed by atoms with Crippen molar-refractivity contribution in [2.45, 2.75) is 6.92 Å². The highest BCUT2D eigenvalue weighted by Gasteiger charge is 2.16. The minimum atomic E-state index is -1.22. The number of aromatic nitrogens is 2. The number of carbonyl (C=O) groups is 1. The van der Waals surface area contributed by atoms with E-state index in [9.17, 15) is 9.18 Å². The SMILES string of the molecule is Cc1c(Cl)cccc1-c1nc2c(C(=O)O)cc(F)cc2[nH]1. The average molecular weight is 305 g/mol. The first-order valence-electron chi connectivity index (χ1n) is 6.15. The van der Waals surface area contributed by atoms with Crippen molar-refractivity contribution in [2.75, 3.05) is 0 Å². The first-order chi connectivity index (χ1) is 9.97. The molecule has 21 heavy (non-hydrogen) atoms. The highest BCUT2D eigenvalue weighted by molar-refractivity contribution is 6.31. The minimum absolute atomic E-state index is 0.174. The van der Waals surface area contributed by atoms with Gasteiger partial charge < -0.3 is 10.1 Å². The number of rotatable bonds is 2. The van der Waals surface area contributed by atoms with Gasteiger partial charge in [-0.3, -0.25) is 0 Å². The normalized spacial score (nSPS) is 11.0. The van der Waals surface area contributed by atoms with Crippen molar-refractivity contribution in [1.29, 1.82) is 0 Å². The van der Waals surface area contributed by atoms with Crippen LogP contribution in [-0.2, 0) is 0 Å². The van der Waals surface area contributed by atoms with Gasteiger partial charge in [-0.2, -0.15) is 0 Å². The van der Waals surface area contributed by atoms with Gasteiger partial charge in [-0.15, -0.1) is 0 Å². The fraction of sp³-hybridized carbons (Fsp3) is 0.0667. The van der Waals surface area contributed by atoms with Crippen LogP contribution < -0.4 is 0 Å². The van der Waals surface area contributed by atoms with Crippen LogP contribution in [0.1, 0.15) is 15.9 Å². The Hall–Kier alpha value is -2.40. The molecule has 2 aromatic carbocycles. The van der Waals surface area contributed by atoms with Gasteiger partial charge >= 0.3 is 5.97 Å². The number of nitrogens with zero attached hydrogens (tertiary/aromatic N) is 1. The topological polar surface area (TPSA) is 66.0 Å². The number of carboxylic acids is 1. The molecule has 0 aliphatic rings. The summed E-state index contributed by atoms with van der Waals surface area (Å²) in [5, 5.41) is 9.73. The van der Waals surface area contributed by atoms with Gasteiger partial charge in [0.2, 0.25) is 0 Å². The van der Waals surface area contributed by atoms with Crippen molar-refractivity contribution in [2.24, 2.45) is 0 Å². The molecule has 0 aliphatic carbocycles. The van der Waals surface area contributed by atoms with Gasteiger partial charge in [0, 0.05) is 10.6 Å². The third-order valence-electron chi connectivity index (χ3n) is 3.30. The maximum absolute atomic E-state index is 13.5. The molecule has 1 heterocycles. The van der Waals surface area contributed by atoms with Crippen LogP contribution in [0.15, 0.2) is 30.3 Å². The molecule has 1 aromatic heterocycles. The highest BCUT2D eigenvalue weighted by atomic mass is 35.5. The van der Waals surface area contributed by atoms with Crippen LogP contribution in [0, 0.1) is 12.7 Å². The van der Waals surface area contributed by atoms with Crippen LogP contribution in [0.4, 0.5) is 4.39 Å². The van der Waals surface area contributed by atoms with Gasteiger partial charge in [0.05, 0.1) is 11.1 Å². The first-order valence-corrected chi connectivity index (χ1v) is 6.53. The van der Waals surface area contributed by atoms with E-state index in [1.54, 1.807) is 12.1 Å². The van der Waals surface area contributed by atoms with Crippen LogP contribution in [0.3, 0.4) is 0 Å². The number of aromatic amines is 1. The summed E-state index contributed by atoms with van der Waals surface area (Å²) in [7, 11) is 0. The lowest BCUT2D eigenvalue weighted by Gasteiger charge is -2.03. The molecule has 2 N–H and O–H groups in total. The summed E-state index contributed by atoms with van der Waals surface area (Å²) in [4.78, 5) is 18.4. The smallest absolute Gasteiger partial charge is 0.338 e. The van der Waals surface area contributed by atoms with E-state index in [0.717, 1.165) is 17.2 Å². The van der Waals surface area contributed by atoms with E-state index >= 15 is 0 Å². The predicted octanol–water partition coefficient (Wildman–Crippen LogP) is 4.03. The van der Waals surface area contributed by atoms with E-state index < -0.39 is 11.8 Å². The summed E-state index contributed by atoms with van der Waals surface area (Å²) in [6.45, 7) is 1.84. The number of hydrogen-bond donors (Lipinski definition) is 2. The number of imidazole rings is 1. The van der Waals surface area contributed by atoms with Crippen molar-refractivity contribution < 1.29 is 14.3 Å². The third-order valence-corrected chi connectivity index (χ3v) is 3.71. The fourth-order valence-electron chi connectivity index (χ4n) is 2.24. The predicted molar refractivity (Wildman–Crippen MR) is 78.2 cm³/mol. The van der Waals surface area contributed by atoms with Crippen molar-refractivity contribution in [3.8, 4) is 11.4 Å². The third kappa shape index (κ3) is 2.25. The Morgan fingerprint density at radius 1 is 1.38 bits per heavy atom. The molecule has 0 spiro atoms. The number of aromatic carboxylic acids is 1. The molecular weight excluding hydrogens is 295 g/mol. The lowest BCUT2D eigenvalue weighted by atomic mass is 10.1. The summed E-state index contributed by atoms with van der Waals surface area (Å²) in [6, 6.07) is 7.52. The summed E-state index contributed by atoms with van der Waals surface area (Å²) in [5.74, 6) is -1.39. The number of fused-ring (bicyclic) bond motifs is 1. The zero-order valence-electron chi connectivity index (χ0n) is 10.9. The van der Waals surface area contributed by atoms with Gasteiger partial charge in [0.1, 0.15) is 17.2 Å². The molecule has 106 valence electrons. The quantitative estimate of drug-likeness (QED) is 0.751. The Morgan fingerprint density at radius 3 is 2.86 bits per heavy atom. The molecular formula is C15H10ClFN2O2. The second kappa shape index (κ2) is 4.86. The number of H-pyrrole nitrogens is 1. The molecule has 0 bridgehead atoms. The van der Waals surface area contributed by atoms with Crippen molar-refractivity contribution >= 4 is 28.6 Å². The molecule has 0 unspecified atom stereocenters. The van der Waals surface area contributed by atoms with Crippen LogP contribution in [0.25, 0.3) is 22.4 Å². The second-order valence-electron chi connectivity index (χ2n) is 4.65.